The minimum Gasteiger partial charge on any atom is -0.361 e. The van der Waals surface area contributed by atoms with E-state index < -0.39 is 8.97 Å². The molecule has 0 amide bonds. The Hall–Kier alpha value is 0.0569. The fraction of sp³-hybridized carbons (Fsp3) is 1.00. The molecule has 136 valence electrons. The average Bonchev–Trinajstić information content (AvgIpc) is 2.58. The standard InChI is InChI=1S/C18H37NO3Si/c1-4-20-23(21-5-2,22-6-3)19(17-13-9-7-10-14-17)18-15-11-8-12-16-18/h17-18H,4-16H2,1-3H3. The van der Waals surface area contributed by atoms with Gasteiger partial charge in [0.25, 0.3) is 0 Å². The number of nitrogens with zero attached hydrogens (tertiary/aromatic N) is 1. The van der Waals surface area contributed by atoms with Gasteiger partial charge in [0, 0.05) is 31.9 Å². The maximum atomic E-state index is 6.30. The van der Waals surface area contributed by atoms with Crippen LogP contribution >= 0.6 is 0 Å². The van der Waals surface area contributed by atoms with Crippen molar-refractivity contribution < 1.29 is 13.3 Å². The van der Waals surface area contributed by atoms with Crippen molar-refractivity contribution in [3.8, 4) is 0 Å². The monoisotopic (exact) mass is 343 g/mol. The lowest BCUT2D eigenvalue weighted by Crippen LogP contribution is -2.67. The van der Waals surface area contributed by atoms with Crippen LogP contribution in [0.5, 0.6) is 0 Å². The predicted octanol–water partition coefficient (Wildman–Crippen LogP) is 4.50. The van der Waals surface area contributed by atoms with Gasteiger partial charge in [-0.3, -0.25) is 4.57 Å². The highest BCUT2D eigenvalue weighted by Crippen LogP contribution is 2.35. The van der Waals surface area contributed by atoms with Crippen molar-refractivity contribution in [1.82, 2.24) is 4.57 Å². The van der Waals surface area contributed by atoms with E-state index in [2.05, 4.69) is 25.3 Å². The Balaban J connectivity index is 2.28. The van der Waals surface area contributed by atoms with E-state index in [0.717, 1.165) is 0 Å². The van der Waals surface area contributed by atoms with E-state index in [1.165, 1.54) is 64.2 Å². The van der Waals surface area contributed by atoms with Crippen LogP contribution in [0.2, 0.25) is 0 Å². The van der Waals surface area contributed by atoms with Crippen molar-refractivity contribution in [2.75, 3.05) is 19.8 Å². The van der Waals surface area contributed by atoms with Crippen molar-refractivity contribution in [2.45, 2.75) is 97.1 Å². The quantitative estimate of drug-likeness (QED) is 0.577. The van der Waals surface area contributed by atoms with E-state index in [9.17, 15) is 0 Å². The van der Waals surface area contributed by atoms with Gasteiger partial charge in [-0.15, -0.1) is 0 Å². The molecular formula is C18H37NO3Si. The molecular weight excluding hydrogens is 306 g/mol. The molecule has 2 aliphatic rings. The fourth-order valence-corrected chi connectivity index (χ4v) is 7.56. The van der Waals surface area contributed by atoms with Gasteiger partial charge in [-0.2, -0.15) is 0 Å². The minimum atomic E-state index is -2.77. The van der Waals surface area contributed by atoms with E-state index in [0.29, 0.717) is 31.9 Å². The van der Waals surface area contributed by atoms with Crippen LogP contribution in [-0.2, 0) is 13.3 Å². The van der Waals surface area contributed by atoms with Gasteiger partial charge in [0.15, 0.2) is 0 Å². The molecule has 0 spiro atoms. The summed E-state index contributed by atoms with van der Waals surface area (Å²) >= 11 is 0. The molecule has 4 nitrogen and oxygen atoms in total. The first-order chi connectivity index (χ1) is 11.3. The largest absolute Gasteiger partial charge is 0.600 e. The molecule has 0 aliphatic heterocycles. The van der Waals surface area contributed by atoms with Crippen LogP contribution in [-0.4, -0.2) is 45.4 Å². The molecule has 0 aromatic heterocycles. The van der Waals surface area contributed by atoms with E-state index >= 15 is 0 Å². The third kappa shape index (κ3) is 5.02. The molecule has 0 saturated heterocycles. The fourth-order valence-electron chi connectivity index (χ4n) is 4.36. The van der Waals surface area contributed by atoms with Crippen LogP contribution in [0.15, 0.2) is 0 Å². The summed E-state index contributed by atoms with van der Waals surface area (Å²) in [5, 5.41) is 0. The molecule has 2 rings (SSSR count). The summed E-state index contributed by atoms with van der Waals surface area (Å²) in [6, 6.07) is 1.17. The average molecular weight is 344 g/mol. The first-order valence-corrected chi connectivity index (χ1v) is 11.6. The Morgan fingerprint density at radius 3 is 1.30 bits per heavy atom. The Morgan fingerprint density at radius 2 is 1.00 bits per heavy atom. The summed E-state index contributed by atoms with van der Waals surface area (Å²) in [4.78, 5) is 0. The summed E-state index contributed by atoms with van der Waals surface area (Å²) < 4.78 is 21.5. The van der Waals surface area contributed by atoms with Crippen LogP contribution in [0.4, 0.5) is 0 Å². The molecule has 0 unspecified atom stereocenters. The highest BCUT2D eigenvalue weighted by atomic mass is 28.4. The maximum Gasteiger partial charge on any atom is 0.600 e. The maximum absolute atomic E-state index is 6.30. The molecule has 23 heavy (non-hydrogen) atoms. The molecule has 2 fully saturated rings. The Morgan fingerprint density at radius 1 is 0.652 bits per heavy atom. The van der Waals surface area contributed by atoms with Crippen LogP contribution in [0.3, 0.4) is 0 Å². The van der Waals surface area contributed by atoms with Gasteiger partial charge in [-0.25, -0.2) is 0 Å². The molecule has 2 saturated carbocycles. The van der Waals surface area contributed by atoms with Gasteiger partial charge in [0.2, 0.25) is 0 Å². The SMILES string of the molecule is CCO[Si](OCC)(OCC)N(C1CCCCC1)C1CCCCC1. The third-order valence-corrected chi connectivity index (χ3v) is 8.56. The molecule has 0 aromatic carbocycles. The summed E-state index contributed by atoms with van der Waals surface area (Å²) in [5.41, 5.74) is 0. The predicted molar refractivity (Wildman–Crippen MR) is 96.2 cm³/mol. The first kappa shape index (κ1) is 19.4. The highest BCUT2D eigenvalue weighted by molar-refractivity contribution is 6.57. The number of hydrogen-bond acceptors (Lipinski definition) is 4. The summed E-state index contributed by atoms with van der Waals surface area (Å²) in [5.74, 6) is 0. The van der Waals surface area contributed by atoms with Gasteiger partial charge in [-0.05, 0) is 46.5 Å². The normalized spacial score (nSPS) is 21.9. The third-order valence-electron chi connectivity index (χ3n) is 5.23. The smallest absolute Gasteiger partial charge is 0.361 e. The van der Waals surface area contributed by atoms with Gasteiger partial charge < -0.3 is 13.3 Å². The van der Waals surface area contributed by atoms with Crippen LogP contribution in [0, 0.1) is 0 Å². The van der Waals surface area contributed by atoms with Crippen LogP contribution in [0.1, 0.15) is 85.0 Å². The zero-order valence-electron chi connectivity index (χ0n) is 15.5. The van der Waals surface area contributed by atoms with Gasteiger partial charge in [0.1, 0.15) is 0 Å². The highest BCUT2D eigenvalue weighted by Gasteiger charge is 2.54. The first-order valence-electron chi connectivity index (χ1n) is 9.97. The second-order valence-electron chi connectivity index (χ2n) is 6.81. The second kappa shape index (κ2) is 10.1. The molecule has 0 N–H and O–H groups in total. The topological polar surface area (TPSA) is 30.9 Å². The van der Waals surface area contributed by atoms with E-state index in [4.69, 9.17) is 13.3 Å². The van der Waals surface area contributed by atoms with Crippen LogP contribution < -0.4 is 0 Å². The summed E-state index contributed by atoms with van der Waals surface area (Å²) in [6.45, 7) is 8.21. The van der Waals surface area contributed by atoms with E-state index in [1.54, 1.807) is 0 Å². The lowest BCUT2D eigenvalue weighted by Gasteiger charge is -2.48. The van der Waals surface area contributed by atoms with Crippen molar-refractivity contribution in [2.24, 2.45) is 0 Å². The molecule has 0 aromatic rings. The Bertz CT molecular complexity index is 282. The second-order valence-corrected chi connectivity index (χ2v) is 9.24. The van der Waals surface area contributed by atoms with Gasteiger partial charge in [0.05, 0.1) is 0 Å². The van der Waals surface area contributed by atoms with E-state index in [-0.39, 0.29) is 0 Å². The van der Waals surface area contributed by atoms with E-state index in [1.807, 2.05) is 0 Å². The molecule has 0 heterocycles. The van der Waals surface area contributed by atoms with Gasteiger partial charge >= 0.3 is 8.97 Å². The summed E-state index contributed by atoms with van der Waals surface area (Å²) in [6.07, 6.45) is 13.2. The molecule has 0 atom stereocenters. The van der Waals surface area contributed by atoms with Gasteiger partial charge in [-0.1, -0.05) is 38.5 Å². The zero-order valence-corrected chi connectivity index (χ0v) is 16.5. The Labute approximate surface area is 144 Å². The lowest BCUT2D eigenvalue weighted by molar-refractivity contribution is -0.0215. The van der Waals surface area contributed by atoms with Crippen molar-refractivity contribution in [1.29, 1.82) is 0 Å². The van der Waals surface area contributed by atoms with Crippen molar-refractivity contribution >= 4 is 8.97 Å². The minimum absolute atomic E-state index is 0.586. The number of hydrogen-bond donors (Lipinski definition) is 0. The van der Waals surface area contributed by atoms with Crippen molar-refractivity contribution in [3.05, 3.63) is 0 Å². The molecule has 0 bridgehead atoms. The summed E-state index contributed by atoms with van der Waals surface area (Å²) in [7, 11) is -2.77. The van der Waals surface area contributed by atoms with Crippen molar-refractivity contribution in [3.63, 3.8) is 0 Å². The lowest BCUT2D eigenvalue weighted by atomic mass is 9.91. The number of rotatable bonds is 9. The zero-order chi connectivity index (χ0) is 16.5. The molecule has 2 aliphatic carbocycles. The van der Waals surface area contributed by atoms with Crippen LogP contribution in [0.25, 0.3) is 0 Å². The molecule has 0 radical (unpaired) electrons. The molecule has 5 heteroatoms. The Kier molecular flexibility index (Phi) is 8.54.